The van der Waals surface area contributed by atoms with Gasteiger partial charge in [-0.25, -0.2) is 22.0 Å². The summed E-state index contributed by atoms with van der Waals surface area (Å²) in [6.07, 6.45) is 0. The highest BCUT2D eigenvalue weighted by Gasteiger charge is 2.35. The van der Waals surface area contributed by atoms with E-state index in [1.807, 2.05) is 133 Å². The van der Waals surface area contributed by atoms with E-state index in [9.17, 15) is 4.39 Å². The van der Waals surface area contributed by atoms with Crippen molar-refractivity contribution in [2.75, 3.05) is 0 Å². The van der Waals surface area contributed by atoms with E-state index in [2.05, 4.69) is 0 Å². The van der Waals surface area contributed by atoms with Crippen LogP contribution in [0, 0.1) is 29.1 Å². The van der Waals surface area contributed by atoms with Gasteiger partial charge in [-0.2, -0.15) is 0 Å². The van der Waals surface area contributed by atoms with Crippen LogP contribution in [0.5, 0.6) is 0 Å². The van der Waals surface area contributed by atoms with Crippen molar-refractivity contribution in [2.24, 2.45) is 0 Å². The van der Waals surface area contributed by atoms with Gasteiger partial charge in [0, 0.05) is 10.9 Å². The highest BCUT2D eigenvalue weighted by atomic mass is 31.1. The lowest BCUT2D eigenvalue weighted by Crippen LogP contribution is -2.36. The van der Waals surface area contributed by atoms with Crippen LogP contribution in [-0.2, 0) is 0 Å². The molecule has 230 valence electrons. The van der Waals surface area contributed by atoms with Crippen LogP contribution in [-0.4, -0.2) is 0 Å². The summed E-state index contributed by atoms with van der Waals surface area (Å²) >= 11 is 0. The van der Waals surface area contributed by atoms with Gasteiger partial charge in [0.2, 0.25) is 5.82 Å². The molecule has 0 N–H and O–H groups in total. The van der Waals surface area contributed by atoms with Crippen LogP contribution < -0.4 is 31.8 Å². The first kappa shape index (κ1) is 30.9. The second-order valence-electron chi connectivity index (χ2n) is 10.8. The smallest absolute Gasteiger partial charge is 0.200 e. The van der Waals surface area contributed by atoms with Crippen LogP contribution >= 0.6 is 15.8 Å². The van der Waals surface area contributed by atoms with Crippen molar-refractivity contribution < 1.29 is 22.0 Å². The van der Waals surface area contributed by atoms with Crippen LogP contribution in [0.3, 0.4) is 0 Å². The largest absolute Gasteiger partial charge is 0.203 e. The fourth-order valence-electron chi connectivity index (χ4n) is 5.94. The minimum atomic E-state index is -2.19. The van der Waals surface area contributed by atoms with Crippen molar-refractivity contribution in [3.8, 4) is 11.1 Å². The van der Waals surface area contributed by atoms with E-state index in [1.54, 1.807) is 18.2 Å². The molecule has 0 bridgehead atoms. The normalized spacial score (nSPS) is 11.5. The maximum absolute atomic E-state index is 16.1. The van der Waals surface area contributed by atoms with Gasteiger partial charge in [0.05, 0.1) is 5.56 Å². The molecule has 0 nitrogen and oxygen atoms in total. The summed E-state index contributed by atoms with van der Waals surface area (Å²) < 4.78 is 77.0. The molecular weight excluding hydrogens is 637 g/mol. The summed E-state index contributed by atoms with van der Waals surface area (Å²) in [6.45, 7) is 0. The molecule has 7 aromatic carbocycles. The van der Waals surface area contributed by atoms with E-state index < -0.39 is 50.5 Å². The topological polar surface area (TPSA) is 0 Å². The second-order valence-corrected chi connectivity index (χ2v) is 15.1. The van der Waals surface area contributed by atoms with E-state index in [4.69, 9.17) is 0 Å². The molecule has 0 fully saturated rings. The summed E-state index contributed by atoms with van der Waals surface area (Å²) in [5, 5.41) is 6.02. The van der Waals surface area contributed by atoms with Gasteiger partial charge in [0.25, 0.3) is 0 Å². The van der Waals surface area contributed by atoms with Gasteiger partial charge < -0.3 is 0 Å². The number of halogens is 5. The highest BCUT2D eigenvalue weighted by Crippen LogP contribution is 2.46. The van der Waals surface area contributed by atoms with Crippen LogP contribution in [0.1, 0.15) is 0 Å². The maximum Gasteiger partial charge on any atom is 0.200 e. The Hall–Kier alpha value is -4.69. The molecule has 7 rings (SSSR count). The van der Waals surface area contributed by atoms with E-state index in [-0.39, 0.29) is 5.56 Å². The third-order valence-electron chi connectivity index (χ3n) is 7.98. The summed E-state index contributed by atoms with van der Waals surface area (Å²) in [7, 11) is -3.00. The van der Waals surface area contributed by atoms with Crippen LogP contribution in [0.25, 0.3) is 21.9 Å². The average Bonchev–Trinajstić information content (AvgIpc) is 3.13. The first-order chi connectivity index (χ1) is 23.0. The zero-order valence-corrected chi connectivity index (χ0v) is 26.5. The number of rotatable bonds is 7. The van der Waals surface area contributed by atoms with Crippen molar-refractivity contribution >= 4 is 58.4 Å². The molecule has 7 aromatic rings. The standard InChI is InChI=1S/C40H25F5P2/c41-35-34(36(42)38(44)39(45)37(35)43)33-31-24-14-13-15-26(31)25-32(46(27-16-5-1-6-17-27)28-18-7-2-8-19-28)40(33)47(29-20-9-3-10-21-29)30-22-11-4-12-23-30/h1-25H. The predicted molar refractivity (Wildman–Crippen MR) is 187 cm³/mol. The highest BCUT2D eigenvalue weighted by molar-refractivity contribution is 7.85. The third-order valence-corrected chi connectivity index (χ3v) is 13.2. The molecule has 0 aliphatic heterocycles. The Morgan fingerprint density at radius 1 is 0.340 bits per heavy atom. The molecule has 0 spiro atoms. The summed E-state index contributed by atoms with van der Waals surface area (Å²) in [6, 6.07) is 47.9. The molecule has 7 heteroatoms. The molecule has 0 saturated carbocycles. The van der Waals surface area contributed by atoms with E-state index >= 15 is 17.6 Å². The average molecular weight is 663 g/mol. The fraction of sp³-hybridized carbons (Fsp3) is 0. The molecule has 0 aliphatic rings. The summed E-state index contributed by atoms with van der Waals surface area (Å²) in [5.41, 5.74) is -0.922. The van der Waals surface area contributed by atoms with Crippen LogP contribution in [0.4, 0.5) is 22.0 Å². The molecular formula is C40H25F5P2. The fourth-order valence-corrected chi connectivity index (χ4v) is 11.4. The van der Waals surface area contributed by atoms with Crippen molar-refractivity contribution in [3.63, 3.8) is 0 Å². The number of benzene rings is 7. The molecule has 0 amide bonds. The molecule has 0 radical (unpaired) electrons. The van der Waals surface area contributed by atoms with Gasteiger partial charge in [-0.1, -0.05) is 146 Å². The van der Waals surface area contributed by atoms with Gasteiger partial charge in [0.1, 0.15) is 0 Å². The molecule has 0 saturated heterocycles. The van der Waals surface area contributed by atoms with Gasteiger partial charge in [-0.15, -0.1) is 0 Å². The minimum absolute atomic E-state index is 0.00378. The lowest BCUT2D eigenvalue weighted by atomic mass is 9.96. The lowest BCUT2D eigenvalue weighted by Gasteiger charge is -2.31. The quantitative estimate of drug-likeness (QED) is 0.0694. The van der Waals surface area contributed by atoms with Gasteiger partial charge in [0.15, 0.2) is 23.3 Å². The van der Waals surface area contributed by atoms with Gasteiger partial charge in [-0.05, 0) is 59.2 Å². The molecule has 0 unspecified atom stereocenters. The Balaban J connectivity index is 1.74. The Bertz CT molecular complexity index is 2080. The molecule has 0 heterocycles. The second kappa shape index (κ2) is 13.2. The zero-order chi connectivity index (χ0) is 32.5. The monoisotopic (exact) mass is 662 g/mol. The van der Waals surface area contributed by atoms with Crippen LogP contribution in [0.2, 0.25) is 0 Å². The maximum atomic E-state index is 16.1. The van der Waals surface area contributed by atoms with Crippen LogP contribution in [0.15, 0.2) is 152 Å². The number of hydrogen-bond donors (Lipinski definition) is 0. The third kappa shape index (κ3) is 5.65. The Morgan fingerprint density at radius 3 is 1.15 bits per heavy atom. The lowest BCUT2D eigenvalue weighted by molar-refractivity contribution is 0.381. The van der Waals surface area contributed by atoms with Gasteiger partial charge in [-0.3, -0.25) is 0 Å². The zero-order valence-electron chi connectivity index (χ0n) is 24.7. The first-order valence-corrected chi connectivity index (χ1v) is 17.5. The SMILES string of the molecule is Fc1c(F)c(F)c(-c2c(P(c3ccccc3)c3ccccc3)c(P(c3ccccc3)c3ccccc3)cc3ccccc23)c(F)c1F. The number of fused-ring (bicyclic) bond motifs is 1. The summed E-state index contributed by atoms with van der Waals surface area (Å²) in [4.78, 5) is 0. The Morgan fingerprint density at radius 2 is 0.702 bits per heavy atom. The van der Waals surface area contributed by atoms with Crippen molar-refractivity contribution in [2.45, 2.75) is 0 Å². The summed E-state index contributed by atoms with van der Waals surface area (Å²) in [5.74, 6) is -9.85. The van der Waals surface area contributed by atoms with Gasteiger partial charge >= 0.3 is 0 Å². The van der Waals surface area contributed by atoms with Crippen molar-refractivity contribution in [3.05, 3.63) is 181 Å². The molecule has 0 atom stereocenters. The Labute approximate surface area is 271 Å². The number of hydrogen-bond acceptors (Lipinski definition) is 0. The van der Waals surface area contributed by atoms with Crippen molar-refractivity contribution in [1.82, 2.24) is 0 Å². The van der Waals surface area contributed by atoms with E-state index in [0.717, 1.165) is 26.5 Å². The van der Waals surface area contributed by atoms with E-state index in [0.29, 0.717) is 16.1 Å². The molecule has 0 aromatic heterocycles. The predicted octanol–water partition coefficient (Wildman–Crippen LogP) is 8.72. The van der Waals surface area contributed by atoms with E-state index in [1.165, 1.54) is 0 Å². The molecule has 47 heavy (non-hydrogen) atoms. The first-order valence-electron chi connectivity index (χ1n) is 14.8. The minimum Gasteiger partial charge on any atom is -0.203 e. The Kier molecular flexibility index (Phi) is 8.69. The van der Waals surface area contributed by atoms with Crippen molar-refractivity contribution in [1.29, 1.82) is 0 Å². The molecule has 0 aliphatic carbocycles.